The van der Waals surface area contributed by atoms with Crippen LogP contribution in [0.4, 0.5) is 5.69 Å². The summed E-state index contributed by atoms with van der Waals surface area (Å²) < 4.78 is 5.39. The molecule has 3 rings (SSSR count). The first-order valence-electron chi connectivity index (χ1n) is 8.07. The first kappa shape index (κ1) is 16.8. The Labute approximate surface area is 147 Å². The summed E-state index contributed by atoms with van der Waals surface area (Å²) >= 11 is 6.10. The average Bonchev–Trinajstić information content (AvgIpc) is 3.10. The number of carbonyl (C=O) groups is 1. The number of halogens is 1. The number of ether oxygens (including phenoxy) is 1. The summed E-state index contributed by atoms with van der Waals surface area (Å²) in [7, 11) is 1.75. The smallest absolute Gasteiger partial charge is 0.251 e. The Kier molecular flexibility index (Phi) is 5.38. The van der Waals surface area contributed by atoms with Gasteiger partial charge >= 0.3 is 0 Å². The standard InChI is InChI=1S/C19H21ClN2O2/c1-24-17-10-11-22(13-17)16-8-6-14(7-9-16)19(23)21-12-15-4-2-3-5-18(15)20/h2-9,17H,10-13H2,1H3,(H,21,23). The summed E-state index contributed by atoms with van der Waals surface area (Å²) in [4.78, 5) is 14.5. The van der Waals surface area contributed by atoms with Gasteiger partial charge in [-0.1, -0.05) is 29.8 Å². The highest BCUT2D eigenvalue weighted by molar-refractivity contribution is 6.31. The molecule has 24 heavy (non-hydrogen) atoms. The number of amides is 1. The highest BCUT2D eigenvalue weighted by atomic mass is 35.5. The number of hydrogen-bond acceptors (Lipinski definition) is 3. The summed E-state index contributed by atoms with van der Waals surface area (Å²) in [6.07, 6.45) is 1.33. The van der Waals surface area contributed by atoms with Crippen molar-refractivity contribution in [2.24, 2.45) is 0 Å². The van der Waals surface area contributed by atoms with Crippen LogP contribution in [0, 0.1) is 0 Å². The molecular formula is C19H21ClN2O2. The van der Waals surface area contributed by atoms with Gasteiger partial charge in [0.1, 0.15) is 0 Å². The monoisotopic (exact) mass is 344 g/mol. The fourth-order valence-corrected chi connectivity index (χ4v) is 3.10. The van der Waals surface area contributed by atoms with Crippen molar-refractivity contribution in [3.05, 3.63) is 64.7 Å². The Morgan fingerprint density at radius 2 is 2.00 bits per heavy atom. The quantitative estimate of drug-likeness (QED) is 0.902. The largest absolute Gasteiger partial charge is 0.380 e. The number of rotatable bonds is 5. The van der Waals surface area contributed by atoms with Gasteiger partial charge in [-0.15, -0.1) is 0 Å². The van der Waals surface area contributed by atoms with Crippen LogP contribution < -0.4 is 10.2 Å². The van der Waals surface area contributed by atoms with Crippen LogP contribution in [0.15, 0.2) is 48.5 Å². The topological polar surface area (TPSA) is 41.6 Å². The molecule has 1 aliphatic rings. The van der Waals surface area contributed by atoms with E-state index in [9.17, 15) is 4.79 Å². The maximum atomic E-state index is 12.3. The van der Waals surface area contributed by atoms with Gasteiger partial charge in [-0.05, 0) is 42.3 Å². The summed E-state index contributed by atoms with van der Waals surface area (Å²) in [5.74, 6) is -0.0994. The number of hydrogen-bond donors (Lipinski definition) is 1. The molecule has 5 heteroatoms. The van der Waals surface area contributed by atoms with E-state index in [1.165, 1.54) is 0 Å². The van der Waals surface area contributed by atoms with Crippen LogP contribution in [0.3, 0.4) is 0 Å². The molecule has 2 aromatic carbocycles. The molecule has 2 aromatic rings. The van der Waals surface area contributed by atoms with E-state index in [2.05, 4.69) is 10.2 Å². The number of anilines is 1. The highest BCUT2D eigenvalue weighted by Gasteiger charge is 2.22. The molecule has 1 N–H and O–H groups in total. The lowest BCUT2D eigenvalue weighted by Crippen LogP contribution is -2.24. The molecule has 0 spiro atoms. The predicted octanol–water partition coefficient (Wildman–Crippen LogP) is 3.50. The first-order chi connectivity index (χ1) is 11.7. The number of methoxy groups -OCH3 is 1. The van der Waals surface area contributed by atoms with Gasteiger partial charge < -0.3 is 15.0 Å². The Morgan fingerprint density at radius 1 is 1.25 bits per heavy atom. The van der Waals surface area contributed by atoms with Gasteiger partial charge in [0.05, 0.1) is 6.10 Å². The highest BCUT2D eigenvalue weighted by Crippen LogP contribution is 2.22. The maximum Gasteiger partial charge on any atom is 0.251 e. The number of carbonyl (C=O) groups excluding carboxylic acids is 1. The van der Waals surface area contributed by atoms with Crippen LogP contribution in [0.5, 0.6) is 0 Å². The summed E-state index contributed by atoms with van der Waals surface area (Å²) in [5.41, 5.74) is 2.68. The van der Waals surface area contributed by atoms with Gasteiger partial charge in [0, 0.05) is 43.0 Å². The predicted molar refractivity (Wildman–Crippen MR) is 96.7 cm³/mol. The molecule has 126 valence electrons. The van der Waals surface area contributed by atoms with E-state index < -0.39 is 0 Å². The second-order valence-corrected chi connectivity index (χ2v) is 6.32. The molecule has 1 heterocycles. The second kappa shape index (κ2) is 7.69. The van der Waals surface area contributed by atoms with Gasteiger partial charge in [-0.3, -0.25) is 4.79 Å². The van der Waals surface area contributed by atoms with Gasteiger partial charge in [-0.2, -0.15) is 0 Å². The third-order valence-corrected chi connectivity index (χ3v) is 4.74. The Hall–Kier alpha value is -2.04. The number of benzene rings is 2. The molecule has 1 amide bonds. The van der Waals surface area contributed by atoms with Crippen molar-refractivity contribution in [3.63, 3.8) is 0 Å². The number of nitrogens with one attached hydrogen (secondary N) is 1. The fourth-order valence-electron chi connectivity index (χ4n) is 2.90. The van der Waals surface area contributed by atoms with Crippen LogP contribution in [0.25, 0.3) is 0 Å². The van der Waals surface area contributed by atoms with Crippen molar-refractivity contribution in [1.82, 2.24) is 5.32 Å². The maximum absolute atomic E-state index is 12.3. The summed E-state index contributed by atoms with van der Waals surface area (Å²) in [6, 6.07) is 15.2. The lowest BCUT2D eigenvalue weighted by Gasteiger charge is -2.18. The lowest BCUT2D eigenvalue weighted by atomic mass is 10.1. The molecule has 0 saturated carbocycles. The second-order valence-electron chi connectivity index (χ2n) is 5.91. The van der Waals surface area contributed by atoms with Gasteiger partial charge in [0.25, 0.3) is 5.91 Å². The third-order valence-electron chi connectivity index (χ3n) is 4.37. The molecule has 1 atom stereocenters. The van der Waals surface area contributed by atoms with Gasteiger partial charge in [0.2, 0.25) is 0 Å². The van der Waals surface area contributed by atoms with E-state index in [1.807, 2.05) is 48.5 Å². The SMILES string of the molecule is COC1CCN(c2ccc(C(=O)NCc3ccccc3Cl)cc2)C1. The Morgan fingerprint density at radius 3 is 2.67 bits per heavy atom. The molecule has 1 aliphatic heterocycles. The van der Waals surface area contributed by atoms with Crippen LogP contribution in [0.1, 0.15) is 22.3 Å². The van der Waals surface area contributed by atoms with Crippen molar-refractivity contribution in [3.8, 4) is 0 Å². The average molecular weight is 345 g/mol. The number of nitrogens with zero attached hydrogens (tertiary/aromatic N) is 1. The van der Waals surface area contributed by atoms with Crippen LogP contribution >= 0.6 is 11.6 Å². The van der Waals surface area contributed by atoms with E-state index in [4.69, 9.17) is 16.3 Å². The Balaban J connectivity index is 1.59. The van der Waals surface area contributed by atoms with Crippen molar-refractivity contribution in [2.45, 2.75) is 19.1 Å². The van der Waals surface area contributed by atoms with Crippen molar-refractivity contribution >= 4 is 23.2 Å². The van der Waals surface area contributed by atoms with E-state index in [-0.39, 0.29) is 5.91 Å². The van der Waals surface area contributed by atoms with E-state index >= 15 is 0 Å². The minimum Gasteiger partial charge on any atom is -0.380 e. The summed E-state index contributed by atoms with van der Waals surface area (Å²) in [5, 5.41) is 3.57. The van der Waals surface area contributed by atoms with Crippen LogP contribution in [-0.4, -0.2) is 32.2 Å². The molecule has 0 bridgehead atoms. The molecule has 1 fully saturated rings. The zero-order valence-electron chi connectivity index (χ0n) is 13.7. The Bertz CT molecular complexity index is 703. The van der Waals surface area contributed by atoms with Crippen molar-refractivity contribution < 1.29 is 9.53 Å². The van der Waals surface area contributed by atoms with E-state index in [0.717, 1.165) is 30.8 Å². The fraction of sp³-hybridized carbons (Fsp3) is 0.316. The van der Waals surface area contributed by atoms with E-state index in [0.29, 0.717) is 23.2 Å². The minimum atomic E-state index is -0.0994. The van der Waals surface area contributed by atoms with Gasteiger partial charge in [-0.25, -0.2) is 0 Å². The molecule has 0 aromatic heterocycles. The molecule has 0 aliphatic carbocycles. The molecule has 1 saturated heterocycles. The normalized spacial score (nSPS) is 17.1. The third kappa shape index (κ3) is 3.89. The molecular weight excluding hydrogens is 324 g/mol. The van der Waals surface area contributed by atoms with Crippen molar-refractivity contribution in [1.29, 1.82) is 0 Å². The first-order valence-corrected chi connectivity index (χ1v) is 8.44. The van der Waals surface area contributed by atoms with Gasteiger partial charge in [0.15, 0.2) is 0 Å². The molecule has 0 radical (unpaired) electrons. The van der Waals surface area contributed by atoms with Crippen molar-refractivity contribution in [2.75, 3.05) is 25.1 Å². The molecule has 1 unspecified atom stereocenters. The molecule has 4 nitrogen and oxygen atoms in total. The zero-order valence-corrected chi connectivity index (χ0v) is 14.4. The van der Waals surface area contributed by atoms with Crippen LogP contribution in [-0.2, 0) is 11.3 Å². The lowest BCUT2D eigenvalue weighted by molar-refractivity contribution is 0.0951. The van der Waals surface area contributed by atoms with E-state index in [1.54, 1.807) is 7.11 Å². The summed E-state index contributed by atoms with van der Waals surface area (Å²) in [6.45, 7) is 2.30. The zero-order chi connectivity index (χ0) is 16.9. The minimum absolute atomic E-state index is 0.0994. The van der Waals surface area contributed by atoms with Crippen LogP contribution in [0.2, 0.25) is 5.02 Å².